The van der Waals surface area contributed by atoms with Crippen molar-refractivity contribution in [2.75, 3.05) is 31.5 Å². The molecule has 0 radical (unpaired) electrons. The van der Waals surface area contributed by atoms with Crippen molar-refractivity contribution in [2.45, 2.75) is 39.7 Å². The molecule has 4 rings (SSSR count). The first-order valence-corrected chi connectivity index (χ1v) is 12.5. The van der Waals surface area contributed by atoms with E-state index in [1.165, 1.54) is 12.1 Å². The van der Waals surface area contributed by atoms with E-state index in [4.69, 9.17) is 0 Å². The quantitative estimate of drug-likeness (QED) is 0.485. The van der Waals surface area contributed by atoms with Crippen molar-refractivity contribution >= 4 is 22.5 Å². The zero-order valence-electron chi connectivity index (χ0n) is 20.6. The van der Waals surface area contributed by atoms with Crippen LogP contribution in [0.1, 0.15) is 32.3 Å². The SMILES string of the molecule is CC(C)Cn1cc(NC(=O)NCC2CCN(CCc3ccc(F)cc3)CC2)c2ccccc2c1=O. The predicted molar refractivity (Wildman–Crippen MR) is 139 cm³/mol. The Balaban J connectivity index is 1.28. The Bertz CT molecular complexity index is 1200. The molecule has 3 aromatic rings. The number of amides is 2. The second-order valence-corrected chi connectivity index (χ2v) is 9.94. The number of nitrogens with zero attached hydrogens (tertiary/aromatic N) is 2. The molecule has 1 saturated heterocycles. The van der Waals surface area contributed by atoms with Gasteiger partial charge in [0.25, 0.3) is 5.56 Å². The van der Waals surface area contributed by atoms with E-state index in [0.29, 0.717) is 36.0 Å². The number of hydrogen-bond acceptors (Lipinski definition) is 3. The molecular weight excluding hydrogens is 443 g/mol. The summed E-state index contributed by atoms with van der Waals surface area (Å²) in [6.07, 6.45) is 4.74. The van der Waals surface area contributed by atoms with Gasteiger partial charge in [-0.15, -0.1) is 0 Å². The lowest BCUT2D eigenvalue weighted by atomic mass is 9.96. The Morgan fingerprint density at radius 3 is 2.43 bits per heavy atom. The molecule has 0 unspecified atom stereocenters. The van der Waals surface area contributed by atoms with Crippen LogP contribution in [-0.4, -0.2) is 41.7 Å². The summed E-state index contributed by atoms with van der Waals surface area (Å²) in [5.74, 6) is 0.558. The van der Waals surface area contributed by atoms with Gasteiger partial charge < -0.3 is 20.1 Å². The molecule has 2 heterocycles. The summed E-state index contributed by atoms with van der Waals surface area (Å²) >= 11 is 0. The van der Waals surface area contributed by atoms with Crippen LogP contribution in [0.3, 0.4) is 0 Å². The molecule has 6 nitrogen and oxygen atoms in total. The Kier molecular flexibility index (Phi) is 8.18. The minimum Gasteiger partial charge on any atom is -0.338 e. The van der Waals surface area contributed by atoms with Gasteiger partial charge in [0, 0.05) is 36.6 Å². The van der Waals surface area contributed by atoms with Gasteiger partial charge in [-0.3, -0.25) is 4.79 Å². The number of carbonyl (C=O) groups is 1. The third kappa shape index (κ3) is 6.69. The lowest BCUT2D eigenvalue weighted by molar-refractivity contribution is 0.184. The standard InChI is InChI=1S/C28H35FN4O2/c1-20(2)18-33-19-26(24-5-3-4-6-25(24)27(33)34)31-28(35)30-17-22-12-15-32(16-13-22)14-11-21-7-9-23(29)10-8-21/h3-10,19-20,22H,11-18H2,1-2H3,(H2,30,31,35). The van der Waals surface area contributed by atoms with Crippen molar-refractivity contribution in [1.82, 2.24) is 14.8 Å². The summed E-state index contributed by atoms with van der Waals surface area (Å²) in [6, 6.07) is 13.9. The number of rotatable bonds is 8. The van der Waals surface area contributed by atoms with E-state index in [2.05, 4.69) is 29.4 Å². The highest BCUT2D eigenvalue weighted by Crippen LogP contribution is 2.21. The van der Waals surface area contributed by atoms with Gasteiger partial charge >= 0.3 is 6.03 Å². The minimum absolute atomic E-state index is 0.0357. The number of fused-ring (bicyclic) bond motifs is 1. The van der Waals surface area contributed by atoms with E-state index in [1.54, 1.807) is 16.8 Å². The first-order valence-electron chi connectivity index (χ1n) is 12.5. The molecule has 0 spiro atoms. The molecule has 0 aliphatic carbocycles. The zero-order valence-corrected chi connectivity index (χ0v) is 20.6. The molecular formula is C28H35FN4O2. The number of anilines is 1. The number of urea groups is 1. The van der Waals surface area contributed by atoms with Crippen LogP contribution in [0.25, 0.3) is 10.8 Å². The first kappa shape index (κ1) is 24.9. The number of nitrogens with one attached hydrogen (secondary N) is 2. The van der Waals surface area contributed by atoms with Crippen LogP contribution < -0.4 is 16.2 Å². The number of aromatic nitrogens is 1. The summed E-state index contributed by atoms with van der Waals surface area (Å²) < 4.78 is 14.8. The van der Waals surface area contributed by atoms with Gasteiger partial charge in [-0.25, -0.2) is 9.18 Å². The Morgan fingerprint density at radius 2 is 1.74 bits per heavy atom. The molecule has 1 aliphatic rings. The number of benzene rings is 2. The van der Waals surface area contributed by atoms with E-state index in [-0.39, 0.29) is 17.4 Å². The third-order valence-electron chi connectivity index (χ3n) is 6.69. The fourth-order valence-electron chi connectivity index (χ4n) is 4.73. The maximum atomic E-state index is 13.1. The number of hydrogen-bond donors (Lipinski definition) is 2. The minimum atomic E-state index is -0.247. The number of carbonyl (C=O) groups excluding carboxylic acids is 1. The second kappa shape index (κ2) is 11.5. The largest absolute Gasteiger partial charge is 0.338 e. The molecule has 2 aromatic carbocycles. The smallest absolute Gasteiger partial charge is 0.319 e. The monoisotopic (exact) mass is 478 g/mol. The number of piperidine rings is 1. The Labute approximate surface area is 206 Å². The van der Waals surface area contributed by atoms with Crippen molar-refractivity contribution in [1.29, 1.82) is 0 Å². The Morgan fingerprint density at radius 1 is 1.06 bits per heavy atom. The fraction of sp³-hybridized carbons (Fsp3) is 0.429. The van der Waals surface area contributed by atoms with E-state index in [9.17, 15) is 14.0 Å². The van der Waals surface area contributed by atoms with Crippen LogP contribution in [0.5, 0.6) is 0 Å². The van der Waals surface area contributed by atoms with Crippen LogP contribution in [0.4, 0.5) is 14.9 Å². The van der Waals surface area contributed by atoms with Crippen molar-refractivity contribution in [2.24, 2.45) is 11.8 Å². The molecule has 0 saturated carbocycles. The van der Waals surface area contributed by atoms with Crippen LogP contribution in [0.15, 0.2) is 59.5 Å². The van der Waals surface area contributed by atoms with Crippen molar-refractivity contribution in [3.8, 4) is 0 Å². The number of halogens is 1. The summed E-state index contributed by atoms with van der Waals surface area (Å²) in [5.41, 5.74) is 1.76. The molecule has 1 aromatic heterocycles. The van der Waals surface area contributed by atoms with E-state index < -0.39 is 0 Å². The molecule has 1 aliphatic heterocycles. The van der Waals surface area contributed by atoms with E-state index >= 15 is 0 Å². The summed E-state index contributed by atoms with van der Waals surface area (Å²) in [7, 11) is 0. The average molecular weight is 479 g/mol. The topological polar surface area (TPSA) is 66.4 Å². The lowest BCUT2D eigenvalue weighted by Crippen LogP contribution is -2.40. The van der Waals surface area contributed by atoms with Gasteiger partial charge in [-0.2, -0.15) is 0 Å². The highest BCUT2D eigenvalue weighted by molar-refractivity contribution is 6.00. The van der Waals surface area contributed by atoms with Gasteiger partial charge in [0.1, 0.15) is 5.82 Å². The zero-order chi connectivity index (χ0) is 24.8. The summed E-state index contributed by atoms with van der Waals surface area (Å²) in [6.45, 7) is 8.32. The van der Waals surface area contributed by atoms with Gasteiger partial charge in [-0.05, 0) is 68.0 Å². The first-order chi connectivity index (χ1) is 16.9. The van der Waals surface area contributed by atoms with Gasteiger partial charge in [0.2, 0.25) is 0 Å². The molecule has 35 heavy (non-hydrogen) atoms. The molecule has 2 N–H and O–H groups in total. The fourth-order valence-corrected chi connectivity index (χ4v) is 4.73. The summed E-state index contributed by atoms with van der Waals surface area (Å²) in [4.78, 5) is 28.0. The van der Waals surface area contributed by atoms with Crippen LogP contribution in [0.2, 0.25) is 0 Å². The third-order valence-corrected chi connectivity index (χ3v) is 6.69. The highest BCUT2D eigenvalue weighted by atomic mass is 19.1. The average Bonchev–Trinajstić information content (AvgIpc) is 2.85. The maximum absolute atomic E-state index is 13.1. The van der Waals surface area contributed by atoms with Crippen LogP contribution in [-0.2, 0) is 13.0 Å². The van der Waals surface area contributed by atoms with E-state index in [0.717, 1.165) is 49.8 Å². The molecule has 186 valence electrons. The van der Waals surface area contributed by atoms with Gasteiger partial charge in [0.15, 0.2) is 0 Å². The van der Waals surface area contributed by atoms with Crippen LogP contribution >= 0.6 is 0 Å². The normalized spacial score (nSPS) is 15.0. The van der Waals surface area contributed by atoms with Crippen molar-refractivity contribution in [3.05, 3.63) is 76.5 Å². The van der Waals surface area contributed by atoms with Crippen LogP contribution in [0, 0.1) is 17.7 Å². The lowest BCUT2D eigenvalue weighted by Gasteiger charge is -2.32. The molecule has 2 amide bonds. The number of pyridine rings is 1. The predicted octanol–water partition coefficient (Wildman–Crippen LogP) is 4.87. The molecule has 0 bridgehead atoms. The van der Waals surface area contributed by atoms with Gasteiger partial charge in [0.05, 0.1) is 5.69 Å². The van der Waals surface area contributed by atoms with Crippen molar-refractivity contribution < 1.29 is 9.18 Å². The summed E-state index contributed by atoms with van der Waals surface area (Å²) in [5, 5.41) is 7.36. The molecule has 0 atom stereocenters. The molecule has 1 fully saturated rings. The highest BCUT2D eigenvalue weighted by Gasteiger charge is 2.20. The second-order valence-electron chi connectivity index (χ2n) is 9.94. The maximum Gasteiger partial charge on any atom is 0.319 e. The Hall–Kier alpha value is -3.19. The molecule has 7 heteroatoms. The number of likely N-dealkylation sites (tertiary alicyclic amines) is 1. The van der Waals surface area contributed by atoms with Gasteiger partial charge in [-0.1, -0.05) is 44.2 Å². The van der Waals surface area contributed by atoms with E-state index in [1.807, 2.05) is 30.3 Å². The van der Waals surface area contributed by atoms with Crippen molar-refractivity contribution in [3.63, 3.8) is 0 Å².